The van der Waals surface area contributed by atoms with Gasteiger partial charge in [-0.05, 0) is 18.9 Å². The largest absolute Gasteiger partial charge is 0.524 e. The zero-order valence-corrected chi connectivity index (χ0v) is 9.45. The Kier molecular flexibility index (Phi) is 7.86. The summed E-state index contributed by atoms with van der Waals surface area (Å²) in [5.74, 6) is 0. The van der Waals surface area contributed by atoms with E-state index >= 15 is 0 Å². The molecule has 0 aliphatic heterocycles. The molecule has 5 heteroatoms. The number of allylic oxidation sites excluding steroid dienone is 1. The van der Waals surface area contributed by atoms with Crippen molar-refractivity contribution in [2.45, 2.75) is 45.4 Å². The predicted molar refractivity (Wildman–Crippen MR) is 55.6 cm³/mol. The number of hydrogen-bond acceptors (Lipinski definition) is 2. The van der Waals surface area contributed by atoms with E-state index in [1.807, 2.05) is 0 Å². The summed E-state index contributed by atoms with van der Waals surface area (Å²) < 4.78 is 14.4. The van der Waals surface area contributed by atoms with Gasteiger partial charge in [0.25, 0.3) is 0 Å². The zero-order chi connectivity index (χ0) is 10.9. The third kappa shape index (κ3) is 11.7. The van der Waals surface area contributed by atoms with Crippen LogP contribution in [0, 0.1) is 0 Å². The minimum absolute atomic E-state index is 0.809. The molecule has 84 valence electrons. The van der Waals surface area contributed by atoms with Crippen LogP contribution in [0.1, 0.15) is 45.4 Å². The number of phosphoric acid groups is 1. The van der Waals surface area contributed by atoms with E-state index in [0.29, 0.717) is 0 Å². The van der Waals surface area contributed by atoms with Gasteiger partial charge in [0.2, 0.25) is 0 Å². The van der Waals surface area contributed by atoms with E-state index in [9.17, 15) is 4.57 Å². The maximum absolute atomic E-state index is 10.2. The molecule has 0 unspecified atom stereocenters. The standard InChI is InChI=1S/C9H19O4P/c1-2-3-4-5-6-7-8-9-13-14(10,11)12/h8-9H,2-7H2,1H3,(H2,10,11,12). The van der Waals surface area contributed by atoms with Gasteiger partial charge in [-0.15, -0.1) is 0 Å². The van der Waals surface area contributed by atoms with Crippen LogP contribution in [0.2, 0.25) is 0 Å². The summed E-state index contributed by atoms with van der Waals surface area (Å²) in [6, 6.07) is 0. The molecule has 0 radical (unpaired) electrons. The highest BCUT2D eigenvalue weighted by atomic mass is 31.2. The van der Waals surface area contributed by atoms with Crippen molar-refractivity contribution in [3.05, 3.63) is 12.3 Å². The lowest BCUT2D eigenvalue weighted by atomic mass is 10.1. The normalized spacial score (nSPS) is 12.2. The molecule has 0 fully saturated rings. The van der Waals surface area contributed by atoms with Gasteiger partial charge in [0, 0.05) is 0 Å². The van der Waals surface area contributed by atoms with Gasteiger partial charge in [0.05, 0.1) is 6.26 Å². The molecule has 0 rings (SSSR count). The fraction of sp³-hybridized carbons (Fsp3) is 0.778. The van der Waals surface area contributed by atoms with Crippen LogP contribution in [0.25, 0.3) is 0 Å². The fourth-order valence-corrected chi connectivity index (χ4v) is 1.30. The van der Waals surface area contributed by atoms with Gasteiger partial charge in [-0.3, -0.25) is 9.79 Å². The van der Waals surface area contributed by atoms with Crippen LogP contribution in [0.4, 0.5) is 0 Å². The molecule has 0 aromatic heterocycles. The lowest BCUT2D eigenvalue weighted by Gasteiger charge is -2.00. The first-order valence-electron chi connectivity index (χ1n) is 4.95. The van der Waals surface area contributed by atoms with Crippen molar-refractivity contribution in [2.24, 2.45) is 0 Å². The highest BCUT2D eigenvalue weighted by molar-refractivity contribution is 7.46. The quantitative estimate of drug-likeness (QED) is 0.376. The van der Waals surface area contributed by atoms with Crippen LogP contribution in [0.3, 0.4) is 0 Å². The van der Waals surface area contributed by atoms with Crippen LogP contribution in [0.15, 0.2) is 12.3 Å². The lowest BCUT2D eigenvalue weighted by molar-refractivity contribution is 0.258. The molecule has 0 amide bonds. The van der Waals surface area contributed by atoms with Crippen molar-refractivity contribution in [1.82, 2.24) is 0 Å². The highest BCUT2D eigenvalue weighted by Crippen LogP contribution is 2.35. The first-order chi connectivity index (χ1) is 6.56. The molecule has 0 aromatic rings. The molecular weight excluding hydrogens is 203 g/mol. The minimum Gasteiger partial charge on any atom is -0.413 e. The van der Waals surface area contributed by atoms with Crippen LogP contribution in [-0.2, 0) is 9.09 Å². The van der Waals surface area contributed by atoms with Crippen LogP contribution in [0.5, 0.6) is 0 Å². The minimum atomic E-state index is -4.32. The smallest absolute Gasteiger partial charge is 0.413 e. The molecule has 4 nitrogen and oxygen atoms in total. The predicted octanol–water partition coefficient (Wildman–Crippen LogP) is 2.97. The summed E-state index contributed by atoms with van der Waals surface area (Å²) in [4.78, 5) is 16.7. The van der Waals surface area contributed by atoms with Gasteiger partial charge in [0.15, 0.2) is 0 Å². The third-order valence-electron chi connectivity index (χ3n) is 1.77. The Bertz CT molecular complexity index is 197. The Morgan fingerprint density at radius 3 is 2.43 bits per heavy atom. The Morgan fingerprint density at radius 1 is 1.21 bits per heavy atom. The highest BCUT2D eigenvalue weighted by Gasteiger charge is 2.10. The Balaban J connectivity index is 3.24. The number of phosphoric ester groups is 1. The Morgan fingerprint density at radius 2 is 1.86 bits per heavy atom. The SMILES string of the molecule is CCCCCCCC=COP(=O)(O)O. The molecule has 0 saturated carbocycles. The van der Waals surface area contributed by atoms with Crippen molar-refractivity contribution in [1.29, 1.82) is 0 Å². The zero-order valence-electron chi connectivity index (χ0n) is 8.56. The van der Waals surface area contributed by atoms with Gasteiger partial charge in [-0.25, -0.2) is 4.57 Å². The maximum Gasteiger partial charge on any atom is 0.524 e. The Hall–Kier alpha value is -0.310. The maximum atomic E-state index is 10.2. The van der Waals surface area contributed by atoms with Crippen LogP contribution >= 0.6 is 7.82 Å². The van der Waals surface area contributed by atoms with Crippen molar-refractivity contribution in [2.75, 3.05) is 0 Å². The lowest BCUT2D eigenvalue weighted by Crippen LogP contribution is -1.79. The second kappa shape index (κ2) is 8.04. The summed E-state index contributed by atoms with van der Waals surface area (Å²) in [5.41, 5.74) is 0. The van der Waals surface area contributed by atoms with Crippen molar-refractivity contribution in [3.8, 4) is 0 Å². The van der Waals surface area contributed by atoms with Crippen molar-refractivity contribution in [3.63, 3.8) is 0 Å². The number of hydrogen-bond donors (Lipinski definition) is 2. The van der Waals surface area contributed by atoms with E-state index in [2.05, 4.69) is 11.4 Å². The van der Waals surface area contributed by atoms with Gasteiger partial charge in [-0.1, -0.05) is 32.6 Å². The van der Waals surface area contributed by atoms with Crippen molar-refractivity contribution >= 4 is 7.82 Å². The molecule has 0 saturated heterocycles. The first-order valence-corrected chi connectivity index (χ1v) is 6.48. The molecule has 0 spiro atoms. The molecule has 0 aliphatic rings. The van der Waals surface area contributed by atoms with E-state index in [4.69, 9.17) is 9.79 Å². The molecule has 14 heavy (non-hydrogen) atoms. The summed E-state index contributed by atoms with van der Waals surface area (Å²) >= 11 is 0. The molecule has 0 heterocycles. The summed E-state index contributed by atoms with van der Waals surface area (Å²) in [7, 11) is -4.32. The molecule has 0 aliphatic carbocycles. The third-order valence-corrected chi connectivity index (χ3v) is 2.17. The molecule has 2 N–H and O–H groups in total. The fourth-order valence-electron chi connectivity index (χ4n) is 1.06. The van der Waals surface area contributed by atoms with E-state index in [0.717, 1.165) is 25.5 Å². The summed E-state index contributed by atoms with van der Waals surface area (Å²) in [6.45, 7) is 2.16. The average molecular weight is 222 g/mol. The molecule has 0 aromatic carbocycles. The summed E-state index contributed by atoms with van der Waals surface area (Å²) in [6.07, 6.45) is 9.44. The van der Waals surface area contributed by atoms with Crippen LogP contribution < -0.4 is 0 Å². The number of rotatable bonds is 8. The van der Waals surface area contributed by atoms with E-state index in [1.165, 1.54) is 19.3 Å². The van der Waals surface area contributed by atoms with Gasteiger partial charge in [-0.2, -0.15) is 0 Å². The average Bonchev–Trinajstić information content (AvgIpc) is 2.08. The monoisotopic (exact) mass is 222 g/mol. The molecular formula is C9H19O4P. The van der Waals surface area contributed by atoms with Crippen LogP contribution in [-0.4, -0.2) is 9.79 Å². The first kappa shape index (κ1) is 13.7. The topological polar surface area (TPSA) is 66.8 Å². The van der Waals surface area contributed by atoms with Crippen molar-refractivity contribution < 1.29 is 18.9 Å². The Labute approximate surface area is 85.2 Å². The van der Waals surface area contributed by atoms with Gasteiger partial charge < -0.3 is 4.52 Å². The van der Waals surface area contributed by atoms with Gasteiger partial charge in [0.1, 0.15) is 0 Å². The van der Waals surface area contributed by atoms with E-state index < -0.39 is 7.82 Å². The number of unbranched alkanes of at least 4 members (excludes halogenated alkanes) is 5. The van der Waals surface area contributed by atoms with E-state index in [-0.39, 0.29) is 0 Å². The van der Waals surface area contributed by atoms with Gasteiger partial charge >= 0.3 is 7.82 Å². The summed E-state index contributed by atoms with van der Waals surface area (Å²) in [5, 5.41) is 0. The molecule has 0 bridgehead atoms. The second-order valence-corrected chi connectivity index (χ2v) is 4.36. The molecule has 0 atom stereocenters. The van der Waals surface area contributed by atoms with E-state index in [1.54, 1.807) is 6.08 Å². The second-order valence-electron chi connectivity index (χ2n) is 3.17.